The molecule has 27 heavy (non-hydrogen) atoms. The lowest BCUT2D eigenvalue weighted by atomic mass is 10.1. The van der Waals surface area contributed by atoms with Crippen LogP contribution in [0.15, 0.2) is 61.1 Å². The van der Waals surface area contributed by atoms with Crippen molar-refractivity contribution in [2.75, 3.05) is 12.4 Å². The summed E-state index contributed by atoms with van der Waals surface area (Å²) in [6, 6.07) is 12.8. The molecule has 134 valence electrons. The third kappa shape index (κ3) is 3.20. The summed E-state index contributed by atoms with van der Waals surface area (Å²) in [7, 11) is 1.46. The number of methoxy groups -OCH3 is 1. The fraction of sp³-hybridized carbons (Fsp3) is 0.0526. The number of carbonyl (C=O) groups excluding carboxylic acids is 1. The molecular formula is C19H14FN5O2. The number of amides is 1. The van der Waals surface area contributed by atoms with Crippen molar-refractivity contribution >= 4 is 17.4 Å². The number of ether oxygens (including phenoxy) is 1. The van der Waals surface area contributed by atoms with E-state index in [4.69, 9.17) is 4.74 Å². The molecule has 0 aliphatic heterocycles. The molecule has 4 aromatic rings. The first-order chi connectivity index (χ1) is 13.2. The number of fused-ring (bicyclic) bond motifs is 1. The molecular weight excluding hydrogens is 349 g/mol. The van der Waals surface area contributed by atoms with E-state index in [0.717, 1.165) is 0 Å². The highest BCUT2D eigenvalue weighted by atomic mass is 19.1. The summed E-state index contributed by atoms with van der Waals surface area (Å²) in [6.45, 7) is 0. The molecule has 3 heterocycles. The van der Waals surface area contributed by atoms with Gasteiger partial charge in [-0.25, -0.2) is 19.3 Å². The maximum atomic E-state index is 13.3. The van der Waals surface area contributed by atoms with Crippen LogP contribution in [0.5, 0.6) is 5.88 Å². The zero-order valence-corrected chi connectivity index (χ0v) is 14.3. The van der Waals surface area contributed by atoms with Gasteiger partial charge in [0.05, 0.1) is 7.11 Å². The molecule has 0 unspecified atom stereocenters. The Morgan fingerprint density at radius 2 is 1.96 bits per heavy atom. The maximum Gasteiger partial charge on any atom is 0.275 e. The van der Waals surface area contributed by atoms with Crippen molar-refractivity contribution < 1.29 is 13.9 Å². The van der Waals surface area contributed by atoms with Gasteiger partial charge in [0.25, 0.3) is 5.91 Å². The van der Waals surface area contributed by atoms with Crippen molar-refractivity contribution in [1.29, 1.82) is 0 Å². The molecule has 0 spiro atoms. The Kier molecular flexibility index (Phi) is 4.21. The molecule has 0 atom stereocenters. The molecule has 0 aliphatic rings. The Morgan fingerprint density at radius 3 is 2.74 bits per heavy atom. The molecule has 0 bridgehead atoms. The van der Waals surface area contributed by atoms with E-state index in [0.29, 0.717) is 22.7 Å². The Bertz CT molecular complexity index is 1120. The summed E-state index contributed by atoms with van der Waals surface area (Å²) >= 11 is 0. The van der Waals surface area contributed by atoms with Gasteiger partial charge < -0.3 is 10.1 Å². The molecule has 0 saturated heterocycles. The minimum atomic E-state index is -0.440. The summed E-state index contributed by atoms with van der Waals surface area (Å²) in [5.74, 6) is -0.0438. The Labute approximate surface area is 153 Å². The molecule has 8 heteroatoms. The number of anilines is 1. The third-order valence-electron chi connectivity index (χ3n) is 3.96. The number of nitrogens with one attached hydrogen (secondary N) is 1. The summed E-state index contributed by atoms with van der Waals surface area (Å²) in [5.41, 5.74) is 2.00. The quantitative estimate of drug-likeness (QED) is 0.602. The van der Waals surface area contributed by atoms with E-state index in [1.165, 1.54) is 31.6 Å². The molecule has 1 aromatic carbocycles. The van der Waals surface area contributed by atoms with Crippen LogP contribution in [-0.4, -0.2) is 32.4 Å². The van der Waals surface area contributed by atoms with Crippen LogP contribution in [0, 0.1) is 5.82 Å². The van der Waals surface area contributed by atoms with Gasteiger partial charge >= 0.3 is 0 Å². The number of nitrogens with zero attached hydrogens (tertiary/aromatic N) is 4. The molecule has 4 rings (SSSR count). The second-order valence-electron chi connectivity index (χ2n) is 5.64. The monoisotopic (exact) mass is 363 g/mol. The molecule has 0 fully saturated rings. The standard InChI is InChI=1S/C19H14FN5O2/c1-27-16-10-14(21-11-22-16)19(26)24-18-17(12-5-7-13(20)8-6-12)23-15-4-2-3-9-25(15)18/h2-11H,1H3,(H,24,26). The maximum absolute atomic E-state index is 13.3. The highest BCUT2D eigenvalue weighted by Crippen LogP contribution is 2.29. The van der Waals surface area contributed by atoms with E-state index in [1.807, 2.05) is 18.2 Å². The smallest absolute Gasteiger partial charge is 0.275 e. The predicted octanol–water partition coefficient (Wildman–Crippen LogP) is 3.19. The molecule has 0 radical (unpaired) electrons. The van der Waals surface area contributed by atoms with E-state index in [1.54, 1.807) is 22.7 Å². The number of halogens is 1. The molecule has 1 amide bonds. The van der Waals surface area contributed by atoms with Crippen LogP contribution in [-0.2, 0) is 0 Å². The van der Waals surface area contributed by atoms with E-state index >= 15 is 0 Å². The Morgan fingerprint density at radius 1 is 1.15 bits per heavy atom. The number of hydrogen-bond acceptors (Lipinski definition) is 5. The summed E-state index contributed by atoms with van der Waals surface area (Å²) in [4.78, 5) is 25.1. The summed E-state index contributed by atoms with van der Waals surface area (Å²) < 4.78 is 20.1. The SMILES string of the molecule is COc1cc(C(=O)Nc2c(-c3ccc(F)cc3)nc3ccccn23)ncn1. The van der Waals surface area contributed by atoms with Gasteiger partial charge in [-0.2, -0.15) is 0 Å². The minimum absolute atomic E-state index is 0.151. The first-order valence-corrected chi connectivity index (χ1v) is 8.06. The van der Waals surface area contributed by atoms with Crippen molar-refractivity contribution in [1.82, 2.24) is 19.4 Å². The molecule has 3 aromatic heterocycles. The average Bonchev–Trinajstić information content (AvgIpc) is 3.07. The number of benzene rings is 1. The van der Waals surface area contributed by atoms with Crippen molar-refractivity contribution in [3.05, 3.63) is 72.6 Å². The van der Waals surface area contributed by atoms with Gasteiger partial charge in [-0.1, -0.05) is 6.07 Å². The summed E-state index contributed by atoms with van der Waals surface area (Å²) in [5, 5.41) is 2.84. The van der Waals surface area contributed by atoms with Crippen molar-refractivity contribution in [2.24, 2.45) is 0 Å². The molecule has 0 aliphatic carbocycles. The second-order valence-corrected chi connectivity index (χ2v) is 5.64. The van der Waals surface area contributed by atoms with Gasteiger partial charge in [-0.05, 0) is 36.4 Å². The highest BCUT2D eigenvalue weighted by molar-refractivity contribution is 6.04. The third-order valence-corrected chi connectivity index (χ3v) is 3.96. The van der Waals surface area contributed by atoms with Crippen LogP contribution < -0.4 is 10.1 Å². The van der Waals surface area contributed by atoms with E-state index in [-0.39, 0.29) is 17.4 Å². The number of hydrogen-bond donors (Lipinski definition) is 1. The van der Waals surface area contributed by atoms with Gasteiger partial charge in [0.15, 0.2) is 0 Å². The lowest BCUT2D eigenvalue weighted by Crippen LogP contribution is -2.16. The number of imidazole rings is 1. The lowest BCUT2D eigenvalue weighted by molar-refractivity contribution is 0.102. The van der Waals surface area contributed by atoms with E-state index in [2.05, 4.69) is 20.3 Å². The second kappa shape index (κ2) is 6.83. The number of rotatable bonds is 4. The number of carbonyl (C=O) groups is 1. The lowest BCUT2D eigenvalue weighted by Gasteiger charge is -2.08. The fourth-order valence-electron chi connectivity index (χ4n) is 2.67. The van der Waals surface area contributed by atoms with Gasteiger partial charge in [-0.3, -0.25) is 9.20 Å². The topological polar surface area (TPSA) is 81.4 Å². The largest absolute Gasteiger partial charge is 0.481 e. The number of aromatic nitrogens is 4. The Hall–Kier alpha value is -3.81. The zero-order chi connectivity index (χ0) is 18.8. The zero-order valence-electron chi connectivity index (χ0n) is 14.3. The van der Waals surface area contributed by atoms with E-state index < -0.39 is 5.91 Å². The van der Waals surface area contributed by atoms with Crippen molar-refractivity contribution in [2.45, 2.75) is 0 Å². The first-order valence-electron chi connectivity index (χ1n) is 8.06. The van der Waals surface area contributed by atoms with Gasteiger partial charge in [0.2, 0.25) is 5.88 Å². The highest BCUT2D eigenvalue weighted by Gasteiger charge is 2.18. The Balaban J connectivity index is 1.78. The van der Waals surface area contributed by atoms with Gasteiger partial charge in [0.1, 0.15) is 35.0 Å². The van der Waals surface area contributed by atoms with Crippen molar-refractivity contribution in [3.63, 3.8) is 0 Å². The van der Waals surface area contributed by atoms with Crippen LogP contribution in [0.25, 0.3) is 16.9 Å². The van der Waals surface area contributed by atoms with Crippen LogP contribution in [0.4, 0.5) is 10.2 Å². The normalized spacial score (nSPS) is 10.7. The number of pyridine rings is 1. The molecule has 7 nitrogen and oxygen atoms in total. The van der Waals surface area contributed by atoms with Crippen LogP contribution in [0.2, 0.25) is 0 Å². The van der Waals surface area contributed by atoms with Crippen molar-refractivity contribution in [3.8, 4) is 17.1 Å². The van der Waals surface area contributed by atoms with Gasteiger partial charge in [0, 0.05) is 17.8 Å². The molecule has 1 N–H and O–H groups in total. The minimum Gasteiger partial charge on any atom is -0.481 e. The first kappa shape index (κ1) is 16.6. The summed E-state index contributed by atoms with van der Waals surface area (Å²) in [6.07, 6.45) is 3.04. The van der Waals surface area contributed by atoms with Gasteiger partial charge in [-0.15, -0.1) is 0 Å². The average molecular weight is 363 g/mol. The van der Waals surface area contributed by atoms with Crippen LogP contribution in [0.1, 0.15) is 10.5 Å². The van der Waals surface area contributed by atoms with E-state index in [9.17, 15) is 9.18 Å². The predicted molar refractivity (Wildman–Crippen MR) is 97.1 cm³/mol. The van der Waals surface area contributed by atoms with Crippen LogP contribution >= 0.6 is 0 Å². The van der Waals surface area contributed by atoms with Crippen LogP contribution in [0.3, 0.4) is 0 Å². The fourth-order valence-corrected chi connectivity index (χ4v) is 2.67. The molecule has 0 saturated carbocycles.